The minimum absolute atomic E-state index is 0.0735. The van der Waals surface area contributed by atoms with E-state index >= 15 is 0 Å². The zero-order valence-corrected chi connectivity index (χ0v) is 15.9. The van der Waals surface area contributed by atoms with Crippen LogP contribution in [0.15, 0.2) is 0 Å². The number of aliphatic hydroxyl groups excluding tert-OH is 1. The average molecular weight is 448 g/mol. The number of halogens is 9. The van der Waals surface area contributed by atoms with Gasteiger partial charge >= 0.3 is 23.9 Å². The molecule has 1 rings (SSSR count). The number of hydrogen-bond acceptors (Lipinski definition) is 3. The Labute approximate surface area is 162 Å². The fraction of sp³-hybridized carbons (Fsp3) is 1.00. The Morgan fingerprint density at radius 1 is 0.897 bits per heavy atom. The lowest BCUT2D eigenvalue weighted by Gasteiger charge is -2.45. The molecule has 0 aromatic rings. The van der Waals surface area contributed by atoms with Crippen LogP contribution in [0.2, 0.25) is 0 Å². The van der Waals surface area contributed by atoms with Gasteiger partial charge in [0.05, 0.1) is 12.0 Å². The van der Waals surface area contributed by atoms with Gasteiger partial charge in [-0.1, -0.05) is 32.6 Å². The second kappa shape index (κ2) is 9.59. The lowest BCUT2D eigenvalue weighted by atomic mass is 9.80. The molecule has 0 bridgehead atoms. The second-order valence-corrected chi connectivity index (χ2v) is 7.03. The van der Waals surface area contributed by atoms with E-state index < -0.39 is 54.8 Å². The normalized spacial score (nSPS) is 27.3. The van der Waals surface area contributed by atoms with Crippen molar-refractivity contribution in [1.82, 2.24) is 0 Å². The van der Waals surface area contributed by atoms with Gasteiger partial charge < -0.3 is 14.6 Å². The summed E-state index contributed by atoms with van der Waals surface area (Å²) in [5, 5.41) is 9.97. The van der Waals surface area contributed by atoms with Gasteiger partial charge in [-0.2, -0.15) is 39.5 Å². The van der Waals surface area contributed by atoms with Crippen molar-refractivity contribution in [2.24, 2.45) is 5.92 Å². The van der Waals surface area contributed by atoms with Crippen LogP contribution < -0.4 is 0 Å². The minimum Gasteiger partial charge on any atom is -0.387 e. The van der Waals surface area contributed by atoms with Crippen molar-refractivity contribution in [1.29, 1.82) is 0 Å². The highest BCUT2D eigenvalue weighted by molar-refractivity contribution is 5.06. The Morgan fingerprint density at radius 2 is 1.48 bits per heavy atom. The van der Waals surface area contributed by atoms with E-state index in [2.05, 4.69) is 0 Å². The first-order valence-electron chi connectivity index (χ1n) is 9.30. The van der Waals surface area contributed by atoms with Crippen LogP contribution >= 0.6 is 0 Å². The average Bonchev–Trinajstić information content (AvgIpc) is 2.59. The highest BCUT2D eigenvalue weighted by Crippen LogP contribution is 2.57. The highest BCUT2D eigenvalue weighted by atomic mass is 19.4. The van der Waals surface area contributed by atoms with E-state index in [1.54, 1.807) is 0 Å². The van der Waals surface area contributed by atoms with Gasteiger partial charge in [-0.3, -0.25) is 0 Å². The molecule has 3 nitrogen and oxygen atoms in total. The summed E-state index contributed by atoms with van der Waals surface area (Å²) in [5.74, 6) is -22.6. The van der Waals surface area contributed by atoms with Crippen LogP contribution in [0.5, 0.6) is 0 Å². The molecule has 0 unspecified atom stereocenters. The molecule has 4 atom stereocenters. The zero-order valence-electron chi connectivity index (χ0n) is 15.9. The van der Waals surface area contributed by atoms with Crippen molar-refractivity contribution in [2.75, 3.05) is 6.61 Å². The molecule has 1 N–H and O–H groups in total. The van der Waals surface area contributed by atoms with Crippen LogP contribution in [-0.2, 0) is 9.47 Å². The third-order valence-electron chi connectivity index (χ3n) is 4.88. The molecule has 1 fully saturated rings. The predicted octanol–water partition coefficient (Wildman–Crippen LogP) is 5.55. The molecule has 0 amide bonds. The van der Waals surface area contributed by atoms with E-state index in [0.717, 1.165) is 12.8 Å². The summed E-state index contributed by atoms with van der Waals surface area (Å²) in [5.41, 5.74) is 0. The Hall–Kier alpha value is -0.750. The van der Waals surface area contributed by atoms with Crippen LogP contribution in [-0.4, -0.2) is 54.2 Å². The number of hydrogen-bond donors (Lipinski definition) is 1. The molecule has 1 aliphatic heterocycles. The summed E-state index contributed by atoms with van der Waals surface area (Å²) < 4.78 is 130. The maximum absolute atomic E-state index is 14.4. The van der Waals surface area contributed by atoms with Gasteiger partial charge in [0.15, 0.2) is 6.29 Å². The molecule has 0 aromatic heterocycles. The van der Waals surface area contributed by atoms with E-state index in [1.165, 1.54) is 6.92 Å². The lowest BCUT2D eigenvalue weighted by Crippen LogP contribution is -2.66. The lowest BCUT2D eigenvalue weighted by molar-refractivity contribution is -0.413. The summed E-state index contributed by atoms with van der Waals surface area (Å²) in [6.45, 7) is 3.08. The molecule has 0 spiro atoms. The van der Waals surface area contributed by atoms with Crippen molar-refractivity contribution >= 4 is 0 Å². The molecule has 0 saturated carbocycles. The molecule has 12 heteroatoms. The highest BCUT2D eigenvalue weighted by Gasteiger charge is 2.83. The molecule has 174 valence electrons. The SMILES string of the molecule is CCCCCC[C@@H]1C[C@H](C(F)(F)C(F)(F)C(F)(F)C(F)(F)F)[C@H](O)[C@H](OCC)O1. The van der Waals surface area contributed by atoms with Gasteiger partial charge in [-0.25, -0.2) is 0 Å². The van der Waals surface area contributed by atoms with Crippen molar-refractivity contribution < 1.29 is 54.1 Å². The van der Waals surface area contributed by atoms with E-state index in [0.29, 0.717) is 12.8 Å². The molecule has 1 aliphatic rings. The van der Waals surface area contributed by atoms with E-state index in [9.17, 15) is 44.6 Å². The first-order chi connectivity index (χ1) is 13.1. The Bertz CT molecular complexity index is 511. The summed E-state index contributed by atoms with van der Waals surface area (Å²) in [6, 6.07) is 0. The number of aliphatic hydroxyl groups is 1. The summed E-state index contributed by atoms with van der Waals surface area (Å²) >= 11 is 0. The molecule has 1 saturated heterocycles. The standard InChI is InChI=1S/C17H25F9O3/c1-3-5-6-7-8-10-9-11(12(27)13(29-10)28-4-2)14(18,19)15(20,21)16(22,23)17(24,25)26/h10-13,27H,3-9H2,1-2H3/t10-,11+,12+,13-/m1/s1. The van der Waals surface area contributed by atoms with Gasteiger partial charge in [0, 0.05) is 6.61 Å². The van der Waals surface area contributed by atoms with Crippen molar-refractivity contribution in [3.8, 4) is 0 Å². The fourth-order valence-electron chi connectivity index (χ4n) is 3.21. The quantitative estimate of drug-likeness (QED) is 0.352. The zero-order chi connectivity index (χ0) is 22.7. The predicted molar refractivity (Wildman–Crippen MR) is 84.1 cm³/mol. The third kappa shape index (κ3) is 5.30. The molecule has 29 heavy (non-hydrogen) atoms. The number of alkyl halides is 9. The first-order valence-corrected chi connectivity index (χ1v) is 9.30. The van der Waals surface area contributed by atoms with Gasteiger partial charge in [0.1, 0.15) is 6.10 Å². The maximum Gasteiger partial charge on any atom is 0.460 e. The van der Waals surface area contributed by atoms with Crippen LogP contribution in [0.3, 0.4) is 0 Å². The Balaban J connectivity index is 3.16. The summed E-state index contributed by atoms with van der Waals surface area (Å²) in [4.78, 5) is 0. The van der Waals surface area contributed by atoms with Gasteiger partial charge in [-0.15, -0.1) is 0 Å². The second-order valence-electron chi connectivity index (χ2n) is 7.03. The van der Waals surface area contributed by atoms with Crippen LogP contribution in [0.4, 0.5) is 39.5 Å². The first kappa shape index (κ1) is 26.3. The molecular formula is C17H25F9O3. The Morgan fingerprint density at radius 3 is 1.97 bits per heavy atom. The summed E-state index contributed by atoms with van der Waals surface area (Å²) in [7, 11) is 0. The largest absolute Gasteiger partial charge is 0.460 e. The topological polar surface area (TPSA) is 38.7 Å². The molecule has 0 aliphatic carbocycles. The van der Waals surface area contributed by atoms with Gasteiger partial charge in [0.25, 0.3) is 0 Å². The molecule has 0 radical (unpaired) electrons. The van der Waals surface area contributed by atoms with E-state index in [4.69, 9.17) is 9.47 Å². The van der Waals surface area contributed by atoms with Crippen molar-refractivity contribution in [3.63, 3.8) is 0 Å². The van der Waals surface area contributed by atoms with Crippen LogP contribution in [0.1, 0.15) is 52.4 Å². The maximum atomic E-state index is 14.4. The molecule has 0 aromatic carbocycles. The Kier molecular flexibility index (Phi) is 8.69. The van der Waals surface area contributed by atoms with Crippen molar-refractivity contribution in [3.05, 3.63) is 0 Å². The third-order valence-corrected chi connectivity index (χ3v) is 4.88. The monoisotopic (exact) mass is 448 g/mol. The molecule has 1 heterocycles. The number of ether oxygens (including phenoxy) is 2. The van der Waals surface area contributed by atoms with Gasteiger partial charge in [0.2, 0.25) is 0 Å². The van der Waals surface area contributed by atoms with Crippen molar-refractivity contribution in [2.45, 2.75) is 94.8 Å². The smallest absolute Gasteiger partial charge is 0.387 e. The summed E-state index contributed by atoms with van der Waals surface area (Å²) in [6.07, 6.45) is -10.7. The van der Waals surface area contributed by atoms with E-state index in [1.807, 2.05) is 6.92 Å². The fourth-order valence-corrected chi connectivity index (χ4v) is 3.21. The molecular weight excluding hydrogens is 423 g/mol. The van der Waals surface area contributed by atoms with E-state index in [-0.39, 0.29) is 13.0 Å². The number of unbranched alkanes of at least 4 members (excludes halogenated alkanes) is 3. The van der Waals surface area contributed by atoms with Crippen LogP contribution in [0.25, 0.3) is 0 Å². The van der Waals surface area contributed by atoms with Crippen LogP contribution in [0, 0.1) is 5.92 Å². The minimum atomic E-state index is -7.00. The number of rotatable bonds is 10. The van der Waals surface area contributed by atoms with Gasteiger partial charge in [-0.05, 0) is 19.8 Å².